The number of nitriles is 1. The molecular formula is C25H19FN4OS. The highest BCUT2D eigenvalue weighted by molar-refractivity contribution is 7.13. The minimum Gasteiger partial charge on any atom is -0.366 e. The molecule has 0 saturated carbocycles. The second-order valence-corrected chi connectivity index (χ2v) is 8.55. The summed E-state index contributed by atoms with van der Waals surface area (Å²) in [7, 11) is 0. The van der Waals surface area contributed by atoms with E-state index in [1.807, 2.05) is 41.8 Å². The molecule has 1 aliphatic heterocycles. The molecule has 0 spiro atoms. The number of aromatic nitrogens is 1. The minimum atomic E-state index is -0.504. The summed E-state index contributed by atoms with van der Waals surface area (Å²) in [5.41, 5.74) is 3.04. The van der Waals surface area contributed by atoms with E-state index in [1.165, 1.54) is 17.4 Å². The van der Waals surface area contributed by atoms with Gasteiger partial charge in [0.25, 0.3) is 5.91 Å². The fourth-order valence-electron chi connectivity index (χ4n) is 4.14. The number of carbonyl (C=O) groups is 1. The predicted octanol–water partition coefficient (Wildman–Crippen LogP) is 4.94. The largest absolute Gasteiger partial charge is 0.366 e. The zero-order valence-corrected chi connectivity index (χ0v) is 18.0. The summed E-state index contributed by atoms with van der Waals surface area (Å²) in [6.45, 7) is 2.02. The summed E-state index contributed by atoms with van der Waals surface area (Å²) in [6.07, 6.45) is 1.60. The number of piperazine rings is 1. The van der Waals surface area contributed by atoms with Crippen LogP contribution in [-0.4, -0.2) is 42.0 Å². The summed E-state index contributed by atoms with van der Waals surface area (Å²) < 4.78 is 14.8. The molecule has 0 atom stereocenters. The van der Waals surface area contributed by atoms with Crippen molar-refractivity contribution in [3.05, 3.63) is 83.1 Å². The Morgan fingerprint density at radius 1 is 1.06 bits per heavy atom. The Morgan fingerprint density at radius 3 is 2.59 bits per heavy atom. The van der Waals surface area contributed by atoms with Gasteiger partial charge in [-0.2, -0.15) is 5.26 Å². The van der Waals surface area contributed by atoms with Crippen LogP contribution in [-0.2, 0) is 0 Å². The zero-order valence-electron chi connectivity index (χ0n) is 17.2. The SMILES string of the molecule is N#Cc1cnc2ccccc2c1N1CCN(C(=O)c2ccc(-c3cccs3)cc2F)CC1. The molecule has 4 aromatic rings. The molecule has 5 rings (SSSR count). The van der Waals surface area contributed by atoms with Crippen molar-refractivity contribution in [1.82, 2.24) is 9.88 Å². The number of thiophene rings is 1. The number of nitrogens with zero attached hydrogens (tertiary/aromatic N) is 4. The van der Waals surface area contributed by atoms with Crippen molar-refractivity contribution in [2.45, 2.75) is 0 Å². The second-order valence-electron chi connectivity index (χ2n) is 7.60. The fraction of sp³-hybridized carbons (Fsp3) is 0.160. The van der Waals surface area contributed by atoms with Gasteiger partial charge in [-0.25, -0.2) is 4.39 Å². The number of para-hydroxylation sites is 1. The first-order chi connectivity index (χ1) is 15.7. The van der Waals surface area contributed by atoms with Gasteiger partial charge < -0.3 is 9.80 Å². The van der Waals surface area contributed by atoms with Gasteiger partial charge in [-0.05, 0) is 35.2 Å². The highest BCUT2D eigenvalue weighted by Gasteiger charge is 2.26. The summed E-state index contributed by atoms with van der Waals surface area (Å²) in [5, 5.41) is 12.5. The molecule has 0 bridgehead atoms. The Bertz CT molecular complexity index is 1340. The lowest BCUT2D eigenvalue weighted by molar-refractivity contribution is 0.0742. The maximum Gasteiger partial charge on any atom is 0.256 e. The van der Waals surface area contributed by atoms with Gasteiger partial charge in [-0.15, -0.1) is 11.3 Å². The lowest BCUT2D eigenvalue weighted by Gasteiger charge is -2.37. The molecule has 1 fully saturated rings. The lowest BCUT2D eigenvalue weighted by atomic mass is 10.1. The third-order valence-electron chi connectivity index (χ3n) is 5.76. The molecule has 0 unspecified atom stereocenters. The van der Waals surface area contributed by atoms with Crippen LogP contribution in [0.1, 0.15) is 15.9 Å². The van der Waals surface area contributed by atoms with Gasteiger partial charge in [0.1, 0.15) is 11.9 Å². The van der Waals surface area contributed by atoms with E-state index >= 15 is 0 Å². The summed E-state index contributed by atoms with van der Waals surface area (Å²) >= 11 is 1.53. The standard InChI is InChI=1S/C25H19FN4OS/c26-21-14-17(23-6-3-13-32-23)7-8-19(21)25(31)30-11-9-29(10-12-30)24-18(15-27)16-28-22-5-2-1-4-20(22)24/h1-8,13-14,16H,9-12H2. The first-order valence-corrected chi connectivity index (χ1v) is 11.2. The Hall–Kier alpha value is -3.76. The molecule has 0 aliphatic carbocycles. The monoisotopic (exact) mass is 442 g/mol. The van der Waals surface area contributed by atoms with Gasteiger partial charge >= 0.3 is 0 Å². The molecule has 0 radical (unpaired) electrons. The molecule has 32 heavy (non-hydrogen) atoms. The van der Waals surface area contributed by atoms with Crippen molar-refractivity contribution < 1.29 is 9.18 Å². The van der Waals surface area contributed by atoms with Crippen molar-refractivity contribution in [2.75, 3.05) is 31.1 Å². The minimum absolute atomic E-state index is 0.0887. The molecular weight excluding hydrogens is 423 g/mol. The number of fused-ring (bicyclic) bond motifs is 1. The lowest BCUT2D eigenvalue weighted by Crippen LogP contribution is -2.49. The Balaban J connectivity index is 1.35. The van der Waals surface area contributed by atoms with Gasteiger partial charge in [-0.3, -0.25) is 9.78 Å². The van der Waals surface area contributed by atoms with E-state index in [2.05, 4.69) is 16.0 Å². The van der Waals surface area contributed by atoms with Crippen LogP contribution in [0.15, 0.2) is 66.2 Å². The molecule has 158 valence electrons. The van der Waals surface area contributed by atoms with Crippen molar-refractivity contribution in [1.29, 1.82) is 5.26 Å². The topological polar surface area (TPSA) is 60.2 Å². The number of hydrogen-bond donors (Lipinski definition) is 0. The second kappa shape index (κ2) is 8.40. The molecule has 1 saturated heterocycles. The zero-order chi connectivity index (χ0) is 22.1. The normalized spacial score (nSPS) is 13.9. The van der Waals surface area contributed by atoms with E-state index in [1.54, 1.807) is 23.2 Å². The average molecular weight is 443 g/mol. The number of benzene rings is 2. The van der Waals surface area contributed by atoms with Gasteiger partial charge in [0.05, 0.1) is 22.3 Å². The third kappa shape index (κ3) is 3.59. The first-order valence-electron chi connectivity index (χ1n) is 10.3. The number of halogens is 1. The van der Waals surface area contributed by atoms with Crippen LogP contribution in [0.25, 0.3) is 21.3 Å². The number of pyridine rings is 1. The number of amides is 1. The van der Waals surface area contributed by atoms with E-state index in [9.17, 15) is 14.4 Å². The molecule has 2 aromatic carbocycles. The highest BCUT2D eigenvalue weighted by atomic mass is 32.1. The van der Waals surface area contributed by atoms with Crippen molar-refractivity contribution >= 4 is 33.8 Å². The number of hydrogen-bond acceptors (Lipinski definition) is 5. The van der Waals surface area contributed by atoms with Crippen molar-refractivity contribution in [3.63, 3.8) is 0 Å². The van der Waals surface area contributed by atoms with Crippen LogP contribution in [0.3, 0.4) is 0 Å². The molecule has 0 N–H and O–H groups in total. The van der Waals surface area contributed by atoms with Crippen LogP contribution < -0.4 is 4.90 Å². The maximum absolute atomic E-state index is 14.8. The van der Waals surface area contributed by atoms with Crippen LogP contribution in [0.2, 0.25) is 0 Å². The highest BCUT2D eigenvalue weighted by Crippen LogP contribution is 2.31. The Kier molecular flexibility index (Phi) is 5.29. The van der Waals surface area contributed by atoms with Crippen molar-refractivity contribution in [2.24, 2.45) is 0 Å². The van der Waals surface area contributed by atoms with Gasteiger partial charge in [0, 0.05) is 42.6 Å². The average Bonchev–Trinajstić information content (AvgIpc) is 3.38. The van der Waals surface area contributed by atoms with Crippen LogP contribution >= 0.6 is 11.3 Å². The van der Waals surface area contributed by atoms with Gasteiger partial charge in [0.2, 0.25) is 0 Å². The fourth-order valence-corrected chi connectivity index (χ4v) is 4.86. The van der Waals surface area contributed by atoms with E-state index in [-0.39, 0.29) is 11.5 Å². The predicted molar refractivity (Wildman–Crippen MR) is 124 cm³/mol. The summed E-state index contributed by atoms with van der Waals surface area (Å²) in [6, 6.07) is 18.6. The molecule has 2 aromatic heterocycles. The first kappa shape index (κ1) is 20.2. The number of carbonyl (C=O) groups excluding carboxylic acids is 1. The van der Waals surface area contributed by atoms with Gasteiger partial charge in [0.15, 0.2) is 0 Å². The smallest absolute Gasteiger partial charge is 0.256 e. The van der Waals surface area contributed by atoms with Crippen molar-refractivity contribution in [3.8, 4) is 16.5 Å². The number of anilines is 1. The quantitative estimate of drug-likeness (QED) is 0.451. The molecule has 1 amide bonds. The van der Waals surface area contributed by atoms with Crippen LogP contribution in [0, 0.1) is 17.1 Å². The molecule has 7 heteroatoms. The maximum atomic E-state index is 14.8. The molecule has 5 nitrogen and oxygen atoms in total. The van der Waals surface area contributed by atoms with E-state index in [0.29, 0.717) is 31.7 Å². The molecule has 1 aliphatic rings. The summed E-state index contributed by atoms with van der Waals surface area (Å²) in [5.74, 6) is -0.810. The van der Waals surface area contributed by atoms with E-state index in [0.717, 1.165) is 27.0 Å². The Labute approximate surface area is 189 Å². The van der Waals surface area contributed by atoms with E-state index in [4.69, 9.17) is 0 Å². The van der Waals surface area contributed by atoms with Gasteiger partial charge in [-0.1, -0.05) is 30.3 Å². The number of rotatable bonds is 3. The molecule has 3 heterocycles. The Morgan fingerprint density at radius 2 is 1.88 bits per heavy atom. The summed E-state index contributed by atoms with van der Waals surface area (Å²) in [4.78, 5) is 22.1. The van der Waals surface area contributed by atoms with E-state index < -0.39 is 5.82 Å². The third-order valence-corrected chi connectivity index (χ3v) is 6.67. The van der Waals surface area contributed by atoms with Crippen LogP contribution in [0.5, 0.6) is 0 Å². The van der Waals surface area contributed by atoms with Crippen LogP contribution in [0.4, 0.5) is 10.1 Å².